The molecule has 0 bridgehead atoms. The number of benzene rings is 2. The zero-order valence-corrected chi connectivity index (χ0v) is 15.3. The average molecular weight is 354 g/mol. The molecule has 6 heteroatoms. The van der Waals surface area contributed by atoms with Gasteiger partial charge in [-0.05, 0) is 48.4 Å². The maximum atomic E-state index is 12.6. The maximum Gasteiger partial charge on any atom is 0.272 e. The molecule has 0 radical (unpaired) electrons. The lowest BCUT2D eigenvalue weighted by molar-refractivity contribution is -0.120. The van der Waals surface area contributed by atoms with Gasteiger partial charge in [-0.2, -0.15) is 0 Å². The Hall–Kier alpha value is -3.28. The van der Waals surface area contributed by atoms with Crippen molar-refractivity contribution in [1.29, 1.82) is 0 Å². The van der Waals surface area contributed by atoms with Gasteiger partial charge in [-0.1, -0.05) is 18.2 Å². The predicted molar refractivity (Wildman–Crippen MR) is 101 cm³/mol. The molecule has 0 heterocycles. The molecule has 0 aliphatic rings. The van der Waals surface area contributed by atoms with Crippen LogP contribution in [0.3, 0.4) is 0 Å². The van der Waals surface area contributed by atoms with Gasteiger partial charge in [0.1, 0.15) is 5.70 Å². The fourth-order valence-corrected chi connectivity index (χ4v) is 2.38. The lowest BCUT2D eigenvalue weighted by Crippen LogP contribution is -2.28. The molecular weight excluding hydrogens is 332 g/mol. The second-order valence-corrected chi connectivity index (χ2v) is 5.68. The summed E-state index contributed by atoms with van der Waals surface area (Å²) in [5.74, 6) is 0.356. The lowest BCUT2D eigenvalue weighted by Gasteiger charge is -2.11. The number of hydrogen-bond donors (Lipinski definition) is 2. The van der Waals surface area contributed by atoms with E-state index in [2.05, 4.69) is 10.6 Å². The van der Waals surface area contributed by atoms with Crippen LogP contribution in [0.4, 0.5) is 5.69 Å². The minimum atomic E-state index is -0.416. The lowest BCUT2D eigenvalue weighted by atomic mass is 10.1. The molecule has 136 valence electrons. The van der Waals surface area contributed by atoms with E-state index in [1.54, 1.807) is 37.5 Å². The summed E-state index contributed by atoms with van der Waals surface area (Å²) in [4.78, 5) is 24.1. The topological polar surface area (TPSA) is 76.7 Å². The number of methoxy groups -OCH3 is 2. The molecule has 2 rings (SSSR count). The molecule has 0 aliphatic carbocycles. The van der Waals surface area contributed by atoms with Gasteiger partial charge in [-0.25, -0.2) is 0 Å². The molecule has 0 saturated carbocycles. The second kappa shape index (κ2) is 8.71. The number of amides is 2. The van der Waals surface area contributed by atoms with Crippen LogP contribution in [0.25, 0.3) is 6.08 Å². The molecule has 2 aromatic rings. The van der Waals surface area contributed by atoms with Gasteiger partial charge in [0.05, 0.1) is 14.2 Å². The fourth-order valence-electron chi connectivity index (χ4n) is 2.38. The zero-order valence-electron chi connectivity index (χ0n) is 15.3. The first kappa shape index (κ1) is 19.1. The highest BCUT2D eigenvalue weighted by Crippen LogP contribution is 2.28. The van der Waals surface area contributed by atoms with Gasteiger partial charge in [0.2, 0.25) is 5.91 Å². The largest absolute Gasteiger partial charge is 0.493 e. The third kappa shape index (κ3) is 5.11. The first-order valence-corrected chi connectivity index (χ1v) is 8.02. The van der Waals surface area contributed by atoms with Crippen LogP contribution in [-0.2, 0) is 9.59 Å². The monoisotopic (exact) mass is 354 g/mol. The summed E-state index contributed by atoms with van der Waals surface area (Å²) in [6, 6.07) is 12.6. The number of carbonyl (C=O) groups is 2. The summed E-state index contributed by atoms with van der Waals surface area (Å²) in [5.41, 5.74) is 2.49. The first-order valence-electron chi connectivity index (χ1n) is 8.02. The van der Waals surface area contributed by atoms with Crippen LogP contribution in [0.2, 0.25) is 0 Å². The molecule has 0 unspecified atom stereocenters. The molecule has 2 aromatic carbocycles. The minimum Gasteiger partial charge on any atom is -0.493 e. The molecular formula is C20H22N2O4. The van der Waals surface area contributed by atoms with Gasteiger partial charge in [-0.3, -0.25) is 9.59 Å². The Morgan fingerprint density at radius 1 is 1.00 bits per heavy atom. The molecule has 0 aliphatic heterocycles. The Labute approximate surface area is 152 Å². The molecule has 0 aromatic heterocycles. The number of aryl methyl sites for hydroxylation is 1. The third-order valence-corrected chi connectivity index (χ3v) is 3.55. The van der Waals surface area contributed by atoms with Gasteiger partial charge in [-0.15, -0.1) is 0 Å². The van der Waals surface area contributed by atoms with Crippen molar-refractivity contribution in [3.8, 4) is 11.5 Å². The average Bonchev–Trinajstić information content (AvgIpc) is 2.60. The Morgan fingerprint density at radius 2 is 1.73 bits per heavy atom. The van der Waals surface area contributed by atoms with E-state index in [0.29, 0.717) is 22.7 Å². The van der Waals surface area contributed by atoms with Crippen molar-refractivity contribution in [1.82, 2.24) is 5.32 Å². The number of nitrogens with one attached hydrogen (secondary N) is 2. The van der Waals surface area contributed by atoms with Crippen LogP contribution >= 0.6 is 0 Å². The van der Waals surface area contributed by atoms with Gasteiger partial charge in [0, 0.05) is 12.6 Å². The van der Waals surface area contributed by atoms with E-state index in [0.717, 1.165) is 5.56 Å². The van der Waals surface area contributed by atoms with Crippen molar-refractivity contribution in [3.63, 3.8) is 0 Å². The van der Waals surface area contributed by atoms with Gasteiger partial charge < -0.3 is 20.1 Å². The van der Waals surface area contributed by atoms with E-state index in [1.165, 1.54) is 14.0 Å². The van der Waals surface area contributed by atoms with E-state index >= 15 is 0 Å². The summed E-state index contributed by atoms with van der Waals surface area (Å²) in [6.45, 7) is 3.28. The Balaban J connectivity index is 2.32. The Morgan fingerprint density at radius 3 is 2.35 bits per heavy atom. The third-order valence-electron chi connectivity index (χ3n) is 3.55. The summed E-state index contributed by atoms with van der Waals surface area (Å²) in [5, 5.41) is 5.35. The summed E-state index contributed by atoms with van der Waals surface area (Å²) >= 11 is 0. The number of hydrogen-bond acceptors (Lipinski definition) is 4. The smallest absolute Gasteiger partial charge is 0.272 e. The van der Waals surface area contributed by atoms with Crippen LogP contribution < -0.4 is 20.1 Å². The molecule has 26 heavy (non-hydrogen) atoms. The highest BCUT2D eigenvalue weighted by Gasteiger charge is 2.13. The maximum absolute atomic E-state index is 12.6. The fraction of sp³-hybridized carbons (Fsp3) is 0.200. The van der Waals surface area contributed by atoms with E-state index in [1.807, 2.05) is 25.1 Å². The Bertz CT molecular complexity index is 843. The Kier molecular flexibility index (Phi) is 6.38. The first-order chi connectivity index (χ1) is 12.4. The number of anilines is 1. The van der Waals surface area contributed by atoms with Crippen LogP contribution in [0.5, 0.6) is 11.5 Å². The van der Waals surface area contributed by atoms with Crippen molar-refractivity contribution in [3.05, 3.63) is 59.3 Å². The summed E-state index contributed by atoms with van der Waals surface area (Å²) in [7, 11) is 3.08. The van der Waals surface area contributed by atoms with Crippen molar-refractivity contribution in [2.24, 2.45) is 0 Å². The van der Waals surface area contributed by atoms with E-state index in [4.69, 9.17) is 9.47 Å². The van der Waals surface area contributed by atoms with Crippen LogP contribution in [-0.4, -0.2) is 26.0 Å². The quantitative estimate of drug-likeness (QED) is 0.782. The SMILES string of the molecule is COc1ccc(/C=C(\NC(C)=O)C(=O)Nc2cccc(C)c2)cc1OC. The van der Waals surface area contributed by atoms with E-state index in [-0.39, 0.29) is 11.6 Å². The second-order valence-electron chi connectivity index (χ2n) is 5.68. The minimum absolute atomic E-state index is 0.131. The van der Waals surface area contributed by atoms with Crippen LogP contribution in [0.15, 0.2) is 48.2 Å². The predicted octanol–water partition coefficient (Wildman–Crippen LogP) is 3.13. The number of carbonyl (C=O) groups excluding carboxylic acids is 2. The van der Waals surface area contributed by atoms with Gasteiger partial charge in [0.25, 0.3) is 5.91 Å². The molecule has 0 saturated heterocycles. The van der Waals surface area contributed by atoms with Crippen molar-refractivity contribution in [2.75, 3.05) is 19.5 Å². The van der Waals surface area contributed by atoms with Crippen molar-refractivity contribution < 1.29 is 19.1 Å². The highest BCUT2D eigenvalue weighted by molar-refractivity contribution is 6.08. The van der Waals surface area contributed by atoms with E-state index < -0.39 is 5.91 Å². The van der Waals surface area contributed by atoms with Crippen molar-refractivity contribution in [2.45, 2.75) is 13.8 Å². The highest BCUT2D eigenvalue weighted by atomic mass is 16.5. The molecule has 2 N–H and O–H groups in total. The molecule has 6 nitrogen and oxygen atoms in total. The zero-order chi connectivity index (χ0) is 19.1. The summed E-state index contributed by atoms with van der Waals surface area (Å²) < 4.78 is 10.5. The standard InChI is InChI=1S/C20H22N2O4/c1-13-6-5-7-16(10-13)22-20(24)17(21-14(2)23)11-15-8-9-18(25-3)19(12-15)26-4/h5-12H,1-4H3,(H,21,23)(H,22,24)/b17-11-. The van der Waals surface area contributed by atoms with Gasteiger partial charge in [0.15, 0.2) is 11.5 Å². The molecule has 0 atom stereocenters. The van der Waals surface area contributed by atoms with Crippen molar-refractivity contribution >= 4 is 23.6 Å². The molecule has 0 spiro atoms. The number of rotatable bonds is 6. The normalized spacial score (nSPS) is 10.8. The molecule has 2 amide bonds. The van der Waals surface area contributed by atoms with Gasteiger partial charge >= 0.3 is 0 Å². The van der Waals surface area contributed by atoms with E-state index in [9.17, 15) is 9.59 Å². The summed E-state index contributed by atoms with van der Waals surface area (Å²) in [6.07, 6.45) is 1.58. The van der Waals surface area contributed by atoms with Crippen LogP contribution in [0.1, 0.15) is 18.1 Å². The molecule has 0 fully saturated rings. The number of ether oxygens (including phenoxy) is 2. The van der Waals surface area contributed by atoms with Crippen LogP contribution in [0, 0.1) is 6.92 Å².